The minimum Gasteiger partial charge on any atom is -0.493 e. The summed E-state index contributed by atoms with van der Waals surface area (Å²) < 4.78 is 6.62. The molecule has 0 bridgehead atoms. The molecule has 8 heteroatoms. The molecule has 0 saturated carbocycles. The first-order chi connectivity index (χ1) is 17.0. The topological polar surface area (TPSA) is 79.5 Å². The van der Waals surface area contributed by atoms with Gasteiger partial charge in [-0.05, 0) is 61.1 Å². The Hall–Kier alpha value is -3.23. The Morgan fingerprint density at radius 3 is 2.37 bits per heavy atom. The summed E-state index contributed by atoms with van der Waals surface area (Å²) in [6.07, 6.45) is 4.31. The van der Waals surface area contributed by atoms with Crippen LogP contribution in [-0.4, -0.2) is 23.5 Å². The quantitative estimate of drug-likeness (QED) is 0.190. The van der Waals surface area contributed by atoms with Crippen molar-refractivity contribution in [1.29, 1.82) is 0 Å². The first-order valence-corrected chi connectivity index (χ1v) is 12.7. The molecule has 0 aliphatic rings. The van der Waals surface area contributed by atoms with Gasteiger partial charge in [-0.2, -0.15) is 0 Å². The average Bonchev–Trinajstić information content (AvgIpc) is 2.85. The van der Waals surface area contributed by atoms with E-state index in [1.54, 1.807) is 48.5 Å². The zero-order chi connectivity index (χ0) is 25.0. The van der Waals surface area contributed by atoms with E-state index in [0.29, 0.717) is 34.9 Å². The number of halogens is 1. The molecule has 0 heterocycles. The van der Waals surface area contributed by atoms with E-state index < -0.39 is 5.91 Å². The first kappa shape index (κ1) is 26.4. The number of carbonyl (C=O) groups is 2. The highest BCUT2D eigenvalue weighted by Gasteiger charge is 2.17. The van der Waals surface area contributed by atoms with Gasteiger partial charge in [-0.25, -0.2) is 0 Å². The molecule has 3 N–H and O–H groups in total. The summed E-state index contributed by atoms with van der Waals surface area (Å²) in [5.74, 6) is -0.203. The van der Waals surface area contributed by atoms with E-state index in [1.807, 2.05) is 24.3 Å². The number of nitrogens with one attached hydrogen (secondary N) is 3. The smallest absolute Gasteiger partial charge is 0.261 e. The van der Waals surface area contributed by atoms with Gasteiger partial charge < -0.3 is 15.4 Å². The maximum absolute atomic E-state index is 13.0. The van der Waals surface area contributed by atoms with E-state index in [9.17, 15) is 9.59 Å². The lowest BCUT2D eigenvalue weighted by Crippen LogP contribution is -2.35. The number of thiocarbonyl (C=S) groups is 1. The fourth-order valence-electron chi connectivity index (χ4n) is 3.35. The highest BCUT2D eigenvalue weighted by molar-refractivity contribution is 9.10. The van der Waals surface area contributed by atoms with Gasteiger partial charge in [0.15, 0.2) is 5.11 Å². The molecular formula is C27H28BrN3O3S. The fraction of sp³-hybridized carbons (Fsp3) is 0.222. The molecule has 0 radical (unpaired) electrons. The molecule has 0 aliphatic carbocycles. The number of carbonyl (C=O) groups excluding carboxylic acids is 2. The minimum atomic E-state index is -0.404. The van der Waals surface area contributed by atoms with Crippen molar-refractivity contribution in [3.8, 4) is 5.75 Å². The number of hydrogen-bond donors (Lipinski definition) is 3. The molecule has 0 aromatic heterocycles. The van der Waals surface area contributed by atoms with Crippen molar-refractivity contribution in [2.24, 2.45) is 0 Å². The normalized spacial score (nSPS) is 10.3. The Labute approximate surface area is 219 Å². The van der Waals surface area contributed by atoms with Crippen molar-refractivity contribution >= 4 is 56.4 Å². The lowest BCUT2D eigenvalue weighted by atomic mass is 10.1. The molecular weight excluding hydrogens is 526 g/mol. The zero-order valence-corrected chi connectivity index (χ0v) is 21.9. The Kier molecular flexibility index (Phi) is 10.3. The van der Waals surface area contributed by atoms with Crippen molar-refractivity contribution in [3.05, 3.63) is 88.4 Å². The molecule has 0 fully saturated rings. The second-order valence-corrected chi connectivity index (χ2v) is 9.15. The molecule has 0 aliphatic heterocycles. The third-order valence-corrected chi connectivity index (χ3v) is 5.82. The third-order valence-electron chi connectivity index (χ3n) is 5.12. The second-order valence-electron chi connectivity index (χ2n) is 7.82. The Morgan fingerprint density at radius 1 is 0.857 bits per heavy atom. The summed E-state index contributed by atoms with van der Waals surface area (Å²) in [6.45, 7) is 2.69. The summed E-state index contributed by atoms with van der Waals surface area (Å²) >= 11 is 8.78. The van der Waals surface area contributed by atoms with Crippen molar-refractivity contribution in [2.75, 3.05) is 17.2 Å². The van der Waals surface area contributed by atoms with Crippen molar-refractivity contribution in [1.82, 2.24) is 5.32 Å². The zero-order valence-electron chi connectivity index (χ0n) is 19.5. The summed E-state index contributed by atoms with van der Waals surface area (Å²) in [5.41, 5.74) is 1.92. The summed E-state index contributed by atoms with van der Waals surface area (Å²) in [4.78, 5) is 25.8. The SMILES string of the molecule is CCCCCCOc1ccc(Br)cc1C(=O)NC(=S)Nc1ccccc1C(=O)Nc1ccccc1. The highest BCUT2D eigenvalue weighted by atomic mass is 79.9. The first-order valence-electron chi connectivity index (χ1n) is 11.5. The number of unbranched alkanes of at least 4 members (excludes halogenated alkanes) is 3. The van der Waals surface area contributed by atoms with Gasteiger partial charge in [0.05, 0.1) is 23.4 Å². The van der Waals surface area contributed by atoms with E-state index in [2.05, 4.69) is 38.8 Å². The van der Waals surface area contributed by atoms with Gasteiger partial charge in [0.2, 0.25) is 0 Å². The number of para-hydroxylation sites is 2. The van der Waals surface area contributed by atoms with E-state index in [4.69, 9.17) is 17.0 Å². The minimum absolute atomic E-state index is 0.0730. The van der Waals surface area contributed by atoms with Gasteiger partial charge in [-0.1, -0.05) is 72.4 Å². The summed E-state index contributed by atoms with van der Waals surface area (Å²) in [5, 5.41) is 8.58. The Balaban J connectivity index is 1.66. The van der Waals surface area contributed by atoms with E-state index in [0.717, 1.165) is 30.2 Å². The fourth-order valence-corrected chi connectivity index (χ4v) is 3.91. The van der Waals surface area contributed by atoms with Crippen LogP contribution in [0, 0.1) is 0 Å². The van der Waals surface area contributed by atoms with Gasteiger partial charge in [0, 0.05) is 10.2 Å². The van der Waals surface area contributed by atoms with Crippen LogP contribution in [0.15, 0.2) is 77.3 Å². The maximum Gasteiger partial charge on any atom is 0.261 e. The van der Waals surface area contributed by atoms with Crippen LogP contribution in [0.4, 0.5) is 11.4 Å². The second kappa shape index (κ2) is 13.6. The van der Waals surface area contributed by atoms with Gasteiger partial charge in [-0.15, -0.1) is 0 Å². The average molecular weight is 555 g/mol. The number of ether oxygens (including phenoxy) is 1. The van der Waals surface area contributed by atoms with Crippen LogP contribution in [0.3, 0.4) is 0 Å². The highest BCUT2D eigenvalue weighted by Crippen LogP contribution is 2.24. The molecule has 0 saturated heterocycles. The maximum atomic E-state index is 13.0. The number of anilines is 2. The molecule has 3 rings (SSSR count). The van der Waals surface area contributed by atoms with Gasteiger partial charge in [-0.3, -0.25) is 14.9 Å². The van der Waals surface area contributed by atoms with Gasteiger partial charge >= 0.3 is 0 Å². The van der Waals surface area contributed by atoms with E-state index in [-0.39, 0.29) is 11.0 Å². The monoisotopic (exact) mass is 553 g/mol. The van der Waals surface area contributed by atoms with Crippen molar-refractivity contribution in [2.45, 2.75) is 32.6 Å². The van der Waals surface area contributed by atoms with Crippen LogP contribution < -0.4 is 20.7 Å². The largest absolute Gasteiger partial charge is 0.493 e. The van der Waals surface area contributed by atoms with Crippen LogP contribution in [0.2, 0.25) is 0 Å². The van der Waals surface area contributed by atoms with Crippen LogP contribution >= 0.6 is 28.1 Å². The molecule has 0 spiro atoms. The van der Waals surface area contributed by atoms with Gasteiger partial charge in [0.25, 0.3) is 11.8 Å². The predicted octanol–water partition coefficient (Wildman–Crippen LogP) is 6.79. The number of benzene rings is 3. The van der Waals surface area contributed by atoms with Crippen molar-refractivity contribution < 1.29 is 14.3 Å². The standard InChI is InChI=1S/C27H28BrN3O3S/c1-2-3-4-10-17-34-24-16-15-19(28)18-22(24)26(33)31-27(35)30-23-14-9-8-13-21(23)25(32)29-20-11-6-5-7-12-20/h5-9,11-16,18H,2-4,10,17H2,1H3,(H,29,32)(H2,30,31,33,35). The van der Waals surface area contributed by atoms with Crippen LogP contribution in [0.1, 0.15) is 53.3 Å². The molecule has 0 unspecified atom stereocenters. The lowest BCUT2D eigenvalue weighted by Gasteiger charge is -2.15. The van der Waals surface area contributed by atoms with Gasteiger partial charge in [0.1, 0.15) is 5.75 Å². The van der Waals surface area contributed by atoms with Crippen LogP contribution in [0.25, 0.3) is 0 Å². The number of hydrogen-bond acceptors (Lipinski definition) is 4. The molecule has 3 aromatic rings. The molecule has 182 valence electrons. The number of amides is 2. The van der Waals surface area contributed by atoms with E-state index in [1.165, 1.54) is 0 Å². The Morgan fingerprint density at radius 2 is 1.60 bits per heavy atom. The molecule has 35 heavy (non-hydrogen) atoms. The lowest BCUT2D eigenvalue weighted by molar-refractivity contribution is 0.0972. The molecule has 2 amide bonds. The molecule has 0 atom stereocenters. The predicted molar refractivity (Wildman–Crippen MR) is 148 cm³/mol. The Bertz CT molecular complexity index is 1170. The van der Waals surface area contributed by atoms with Crippen LogP contribution in [0.5, 0.6) is 5.75 Å². The van der Waals surface area contributed by atoms with Crippen molar-refractivity contribution in [3.63, 3.8) is 0 Å². The number of rotatable bonds is 10. The molecule has 6 nitrogen and oxygen atoms in total. The van der Waals surface area contributed by atoms with Crippen LogP contribution in [-0.2, 0) is 0 Å². The summed E-state index contributed by atoms with van der Waals surface area (Å²) in [7, 11) is 0. The van der Waals surface area contributed by atoms with E-state index >= 15 is 0 Å². The summed E-state index contributed by atoms with van der Waals surface area (Å²) in [6, 6.07) is 21.4. The third kappa shape index (κ3) is 8.19. The molecule has 3 aromatic carbocycles.